The number of hydrogen-bond donors (Lipinski definition) is 0. The van der Waals surface area contributed by atoms with Crippen LogP contribution in [0.1, 0.15) is 48.0 Å². The second kappa shape index (κ2) is 5.59. The van der Waals surface area contributed by atoms with E-state index in [1.807, 2.05) is 6.08 Å². The lowest BCUT2D eigenvalue weighted by atomic mass is 9.88. The first kappa shape index (κ1) is 11.1. The first-order valence-electron chi connectivity index (χ1n) is 5.97. The monoisotopic (exact) mass is 215 g/mol. The maximum Gasteiger partial charge on any atom is 0.150 e. The topological polar surface area (TPSA) is 30.0 Å². The molecule has 2 rings (SSSR count). The molecule has 0 saturated heterocycles. The van der Waals surface area contributed by atoms with Gasteiger partial charge in [0.1, 0.15) is 0 Å². The lowest BCUT2D eigenvalue weighted by molar-refractivity contribution is 0.112. The van der Waals surface area contributed by atoms with Crippen LogP contribution in [0.2, 0.25) is 0 Å². The lowest BCUT2D eigenvalue weighted by Gasteiger charge is -2.17. The van der Waals surface area contributed by atoms with Crippen molar-refractivity contribution in [3.05, 3.63) is 35.7 Å². The highest BCUT2D eigenvalue weighted by Gasteiger charge is 2.09. The Morgan fingerprint density at radius 2 is 2.00 bits per heavy atom. The fraction of sp³-hybridized carbons (Fsp3) is 0.429. The standard InChI is InChI=1S/C14H17NO/c16-11-14-8-9-15-10-13(14)7-6-12-4-2-1-3-5-12/h6-12H,1-5H2/b7-6+. The smallest absolute Gasteiger partial charge is 0.150 e. The molecular weight excluding hydrogens is 198 g/mol. The van der Waals surface area contributed by atoms with Crippen LogP contribution in [0.5, 0.6) is 0 Å². The van der Waals surface area contributed by atoms with Gasteiger partial charge in [-0.3, -0.25) is 9.78 Å². The zero-order valence-electron chi connectivity index (χ0n) is 9.43. The molecule has 1 saturated carbocycles. The molecule has 0 N–H and O–H groups in total. The molecule has 1 aromatic rings. The Morgan fingerprint density at radius 1 is 1.19 bits per heavy atom. The van der Waals surface area contributed by atoms with E-state index in [0.29, 0.717) is 5.92 Å². The molecule has 1 heterocycles. The number of rotatable bonds is 3. The van der Waals surface area contributed by atoms with Crippen molar-refractivity contribution in [3.63, 3.8) is 0 Å². The Kier molecular flexibility index (Phi) is 3.86. The van der Waals surface area contributed by atoms with Crippen LogP contribution in [0.15, 0.2) is 24.5 Å². The number of aromatic nitrogens is 1. The van der Waals surface area contributed by atoms with Crippen LogP contribution in [-0.4, -0.2) is 11.3 Å². The van der Waals surface area contributed by atoms with Gasteiger partial charge in [-0.25, -0.2) is 0 Å². The van der Waals surface area contributed by atoms with Crippen molar-refractivity contribution >= 4 is 12.4 Å². The molecule has 0 amide bonds. The number of nitrogens with zero attached hydrogens (tertiary/aromatic N) is 1. The van der Waals surface area contributed by atoms with Crippen molar-refractivity contribution < 1.29 is 4.79 Å². The summed E-state index contributed by atoms with van der Waals surface area (Å²) in [5.74, 6) is 0.688. The third-order valence-corrected chi connectivity index (χ3v) is 3.21. The zero-order chi connectivity index (χ0) is 11.2. The van der Waals surface area contributed by atoms with Crippen molar-refractivity contribution in [1.29, 1.82) is 0 Å². The molecule has 2 heteroatoms. The summed E-state index contributed by atoms with van der Waals surface area (Å²) in [7, 11) is 0. The summed E-state index contributed by atoms with van der Waals surface area (Å²) < 4.78 is 0. The molecule has 0 atom stereocenters. The maximum absolute atomic E-state index is 10.8. The largest absolute Gasteiger partial charge is 0.298 e. The second-order valence-corrected chi connectivity index (χ2v) is 4.38. The van der Waals surface area contributed by atoms with Gasteiger partial charge < -0.3 is 0 Å². The third-order valence-electron chi connectivity index (χ3n) is 3.21. The Hall–Kier alpha value is -1.44. The molecule has 0 aliphatic heterocycles. The molecule has 84 valence electrons. The minimum absolute atomic E-state index is 0.688. The van der Waals surface area contributed by atoms with E-state index in [2.05, 4.69) is 11.1 Å². The van der Waals surface area contributed by atoms with Gasteiger partial charge in [0.25, 0.3) is 0 Å². The molecule has 0 radical (unpaired) electrons. The Balaban J connectivity index is 2.07. The summed E-state index contributed by atoms with van der Waals surface area (Å²) >= 11 is 0. The van der Waals surface area contributed by atoms with Crippen molar-refractivity contribution in [2.24, 2.45) is 5.92 Å². The predicted octanol–water partition coefficient (Wildman–Crippen LogP) is 3.49. The Morgan fingerprint density at radius 3 is 2.75 bits per heavy atom. The molecule has 0 bridgehead atoms. The molecule has 1 aliphatic carbocycles. The average molecular weight is 215 g/mol. The van der Waals surface area contributed by atoms with Crippen LogP contribution in [-0.2, 0) is 0 Å². The van der Waals surface area contributed by atoms with Crippen molar-refractivity contribution in [3.8, 4) is 0 Å². The van der Waals surface area contributed by atoms with E-state index >= 15 is 0 Å². The van der Waals surface area contributed by atoms with E-state index in [4.69, 9.17) is 0 Å². The molecule has 1 aliphatic rings. The van der Waals surface area contributed by atoms with Crippen LogP contribution in [0.25, 0.3) is 6.08 Å². The van der Waals surface area contributed by atoms with E-state index in [1.54, 1.807) is 18.5 Å². The van der Waals surface area contributed by atoms with Crippen molar-refractivity contribution in [2.45, 2.75) is 32.1 Å². The number of carbonyl (C=O) groups is 1. The molecule has 0 aromatic carbocycles. The SMILES string of the molecule is O=Cc1ccncc1/C=C/C1CCCCC1. The minimum atomic E-state index is 0.688. The number of allylic oxidation sites excluding steroid dienone is 1. The van der Waals surface area contributed by atoms with Gasteiger partial charge in [0.05, 0.1) is 0 Å². The minimum Gasteiger partial charge on any atom is -0.298 e. The van der Waals surface area contributed by atoms with E-state index in [9.17, 15) is 4.79 Å². The first-order chi connectivity index (χ1) is 7.90. The van der Waals surface area contributed by atoms with Gasteiger partial charge in [0.15, 0.2) is 6.29 Å². The van der Waals surface area contributed by atoms with Gasteiger partial charge in [0, 0.05) is 23.5 Å². The number of hydrogen-bond acceptors (Lipinski definition) is 2. The van der Waals surface area contributed by atoms with E-state index in [1.165, 1.54) is 32.1 Å². The molecule has 2 nitrogen and oxygen atoms in total. The quantitative estimate of drug-likeness (QED) is 0.722. The summed E-state index contributed by atoms with van der Waals surface area (Å²) in [6.07, 6.45) is 15.2. The summed E-state index contributed by atoms with van der Waals surface area (Å²) in [6.45, 7) is 0. The summed E-state index contributed by atoms with van der Waals surface area (Å²) in [4.78, 5) is 14.9. The first-order valence-corrected chi connectivity index (χ1v) is 5.97. The van der Waals surface area contributed by atoms with Crippen LogP contribution >= 0.6 is 0 Å². The third kappa shape index (κ3) is 2.78. The highest BCUT2D eigenvalue weighted by atomic mass is 16.1. The molecule has 0 spiro atoms. The highest BCUT2D eigenvalue weighted by molar-refractivity contribution is 5.81. The number of aldehydes is 1. The summed E-state index contributed by atoms with van der Waals surface area (Å²) in [5.41, 5.74) is 1.66. The van der Waals surface area contributed by atoms with E-state index in [-0.39, 0.29) is 0 Å². The summed E-state index contributed by atoms with van der Waals surface area (Å²) in [6, 6.07) is 1.76. The number of pyridine rings is 1. The number of carbonyl (C=O) groups excluding carboxylic acids is 1. The average Bonchev–Trinajstić information content (AvgIpc) is 2.38. The van der Waals surface area contributed by atoms with Crippen LogP contribution in [0.4, 0.5) is 0 Å². The summed E-state index contributed by atoms with van der Waals surface area (Å²) in [5, 5.41) is 0. The van der Waals surface area contributed by atoms with Gasteiger partial charge in [-0.1, -0.05) is 31.4 Å². The Bertz CT molecular complexity index is 378. The van der Waals surface area contributed by atoms with Gasteiger partial charge in [0.2, 0.25) is 0 Å². The van der Waals surface area contributed by atoms with E-state index < -0.39 is 0 Å². The predicted molar refractivity (Wildman–Crippen MR) is 65.2 cm³/mol. The second-order valence-electron chi connectivity index (χ2n) is 4.38. The van der Waals surface area contributed by atoms with Gasteiger partial charge >= 0.3 is 0 Å². The fourth-order valence-corrected chi connectivity index (χ4v) is 2.23. The molecule has 0 unspecified atom stereocenters. The molecular formula is C14H17NO. The molecule has 1 fully saturated rings. The molecule has 1 aromatic heterocycles. The maximum atomic E-state index is 10.8. The van der Waals surface area contributed by atoms with Crippen LogP contribution in [0, 0.1) is 5.92 Å². The zero-order valence-corrected chi connectivity index (χ0v) is 9.43. The van der Waals surface area contributed by atoms with Gasteiger partial charge in [-0.15, -0.1) is 0 Å². The Labute approximate surface area is 96.4 Å². The lowest BCUT2D eigenvalue weighted by Crippen LogP contribution is -2.02. The highest BCUT2D eigenvalue weighted by Crippen LogP contribution is 2.25. The van der Waals surface area contributed by atoms with Gasteiger partial charge in [-0.05, 0) is 24.8 Å². The fourth-order valence-electron chi connectivity index (χ4n) is 2.23. The van der Waals surface area contributed by atoms with Gasteiger partial charge in [-0.2, -0.15) is 0 Å². The van der Waals surface area contributed by atoms with Crippen LogP contribution in [0.3, 0.4) is 0 Å². The van der Waals surface area contributed by atoms with Crippen LogP contribution < -0.4 is 0 Å². The van der Waals surface area contributed by atoms with Crippen molar-refractivity contribution in [2.75, 3.05) is 0 Å². The van der Waals surface area contributed by atoms with E-state index in [0.717, 1.165) is 17.4 Å². The van der Waals surface area contributed by atoms with Crippen molar-refractivity contribution in [1.82, 2.24) is 4.98 Å². The normalized spacial score (nSPS) is 17.8. The molecule has 16 heavy (non-hydrogen) atoms.